The number of aryl methyl sites for hydroxylation is 1. The van der Waals surface area contributed by atoms with E-state index in [1.807, 2.05) is 31.2 Å². The van der Waals surface area contributed by atoms with E-state index >= 15 is 0 Å². The van der Waals surface area contributed by atoms with Gasteiger partial charge < -0.3 is 19.0 Å². The van der Waals surface area contributed by atoms with E-state index in [1.165, 1.54) is 18.0 Å². The average molecular weight is 464 g/mol. The van der Waals surface area contributed by atoms with E-state index in [-0.39, 0.29) is 31.5 Å². The molecule has 0 bridgehead atoms. The summed E-state index contributed by atoms with van der Waals surface area (Å²) < 4.78 is 32.0. The van der Waals surface area contributed by atoms with Gasteiger partial charge in [0.25, 0.3) is 0 Å². The summed E-state index contributed by atoms with van der Waals surface area (Å²) in [5.41, 5.74) is 3.25. The fraction of sp³-hybridized carbons (Fsp3) is 0.269. The molecular formula is C26H25FN2O5. The van der Waals surface area contributed by atoms with Crippen molar-refractivity contribution in [2.75, 3.05) is 19.8 Å². The van der Waals surface area contributed by atoms with Gasteiger partial charge in [-0.05, 0) is 29.7 Å². The quantitative estimate of drug-likeness (QED) is 0.337. The minimum absolute atomic E-state index is 0.0883. The van der Waals surface area contributed by atoms with E-state index in [2.05, 4.69) is 16.9 Å². The van der Waals surface area contributed by atoms with Gasteiger partial charge in [-0.2, -0.15) is 0 Å². The Morgan fingerprint density at radius 2 is 1.88 bits per heavy atom. The molecule has 4 aromatic rings. The van der Waals surface area contributed by atoms with Crippen LogP contribution in [0.15, 0.2) is 59.3 Å². The fourth-order valence-electron chi connectivity index (χ4n) is 3.65. The molecule has 176 valence electrons. The molecule has 0 aliphatic carbocycles. The van der Waals surface area contributed by atoms with Gasteiger partial charge in [0.2, 0.25) is 11.6 Å². The maximum Gasteiger partial charge on any atom is 0.329 e. The standard InChI is InChI=1S/C26H25FN2O5/c1-3-17-8-10-18(11-9-17)22-23-25(33-13-16(2)12-32-14-21(30)31)28-15-29-26(23)34-24(22)19-6-4-5-7-20(19)27/h4-11,15-16H,3,12-14H2,1-2H3,(H,30,31)/t16-/m1/s1. The third-order valence-corrected chi connectivity index (χ3v) is 5.36. The molecule has 8 heteroatoms. The highest BCUT2D eigenvalue weighted by Crippen LogP contribution is 2.44. The molecule has 0 radical (unpaired) electrons. The molecule has 4 rings (SSSR count). The predicted molar refractivity (Wildman–Crippen MR) is 125 cm³/mol. The van der Waals surface area contributed by atoms with Gasteiger partial charge in [0.1, 0.15) is 29.9 Å². The molecule has 0 unspecified atom stereocenters. The zero-order chi connectivity index (χ0) is 24.1. The van der Waals surface area contributed by atoms with E-state index in [4.69, 9.17) is 19.0 Å². The van der Waals surface area contributed by atoms with Crippen LogP contribution in [0.25, 0.3) is 33.6 Å². The first kappa shape index (κ1) is 23.4. The lowest BCUT2D eigenvalue weighted by molar-refractivity contribution is -0.142. The van der Waals surface area contributed by atoms with Gasteiger partial charge in [-0.25, -0.2) is 19.2 Å². The van der Waals surface area contributed by atoms with Gasteiger partial charge in [0, 0.05) is 11.5 Å². The fourth-order valence-corrected chi connectivity index (χ4v) is 3.65. The predicted octanol–water partition coefficient (Wildman–Crippen LogP) is 5.37. The Labute approximate surface area is 196 Å². The molecule has 0 aliphatic rings. The van der Waals surface area contributed by atoms with Gasteiger partial charge >= 0.3 is 5.97 Å². The van der Waals surface area contributed by atoms with Crippen LogP contribution in [0.5, 0.6) is 5.88 Å². The Kier molecular flexibility index (Phi) is 7.18. The summed E-state index contributed by atoms with van der Waals surface area (Å²) in [6.07, 6.45) is 2.23. The lowest BCUT2D eigenvalue weighted by Crippen LogP contribution is -2.18. The maximum atomic E-state index is 14.8. The van der Waals surface area contributed by atoms with Crippen molar-refractivity contribution in [3.63, 3.8) is 0 Å². The van der Waals surface area contributed by atoms with E-state index in [9.17, 15) is 9.18 Å². The minimum atomic E-state index is -1.02. The Morgan fingerprint density at radius 3 is 2.59 bits per heavy atom. The number of nitrogens with zero attached hydrogens (tertiary/aromatic N) is 2. The van der Waals surface area contributed by atoms with Crippen molar-refractivity contribution in [1.29, 1.82) is 0 Å². The van der Waals surface area contributed by atoms with Gasteiger partial charge in [-0.3, -0.25) is 0 Å². The van der Waals surface area contributed by atoms with Gasteiger partial charge in [0.05, 0.1) is 18.8 Å². The normalized spacial score (nSPS) is 12.1. The number of furan rings is 1. The Balaban J connectivity index is 1.76. The number of aliphatic carboxylic acids is 1. The van der Waals surface area contributed by atoms with Crippen molar-refractivity contribution >= 4 is 17.1 Å². The summed E-state index contributed by atoms with van der Waals surface area (Å²) in [6.45, 7) is 4.05. The molecule has 0 amide bonds. The van der Waals surface area contributed by atoms with Gasteiger partial charge in [-0.15, -0.1) is 0 Å². The summed E-state index contributed by atoms with van der Waals surface area (Å²) >= 11 is 0. The number of rotatable bonds is 10. The summed E-state index contributed by atoms with van der Waals surface area (Å²) in [4.78, 5) is 19.2. The third-order valence-electron chi connectivity index (χ3n) is 5.36. The number of hydrogen-bond acceptors (Lipinski definition) is 6. The highest BCUT2D eigenvalue weighted by atomic mass is 19.1. The maximum absolute atomic E-state index is 14.8. The third kappa shape index (κ3) is 5.07. The molecule has 2 aromatic carbocycles. The molecule has 7 nitrogen and oxygen atoms in total. The van der Waals surface area contributed by atoms with E-state index in [0.717, 1.165) is 12.0 Å². The summed E-state index contributed by atoms with van der Waals surface area (Å²) in [7, 11) is 0. The molecule has 0 fully saturated rings. The van der Waals surface area contributed by atoms with Crippen LogP contribution in [0.3, 0.4) is 0 Å². The van der Waals surface area contributed by atoms with Crippen molar-refractivity contribution in [2.45, 2.75) is 20.3 Å². The molecule has 0 spiro atoms. The average Bonchev–Trinajstić information content (AvgIpc) is 3.23. The van der Waals surface area contributed by atoms with Crippen molar-refractivity contribution < 1.29 is 28.2 Å². The van der Waals surface area contributed by atoms with Crippen LogP contribution in [0.2, 0.25) is 0 Å². The molecule has 0 aliphatic heterocycles. The molecule has 0 saturated heterocycles. The molecule has 1 atom stereocenters. The number of ether oxygens (including phenoxy) is 2. The number of carboxylic acids is 1. The second-order valence-electron chi connectivity index (χ2n) is 8.02. The number of hydrogen-bond donors (Lipinski definition) is 1. The lowest BCUT2D eigenvalue weighted by atomic mass is 9.98. The van der Waals surface area contributed by atoms with Crippen LogP contribution in [-0.2, 0) is 16.0 Å². The van der Waals surface area contributed by atoms with Crippen molar-refractivity contribution in [1.82, 2.24) is 9.97 Å². The molecule has 2 heterocycles. The highest BCUT2D eigenvalue weighted by Gasteiger charge is 2.24. The molecule has 2 aromatic heterocycles. The van der Waals surface area contributed by atoms with Crippen molar-refractivity contribution in [3.05, 3.63) is 66.2 Å². The summed E-state index contributed by atoms with van der Waals surface area (Å²) in [5, 5.41) is 9.27. The van der Waals surface area contributed by atoms with Gasteiger partial charge in [0.15, 0.2) is 0 Å². The number of benzene rings is 2. The van der Waals surface area contributed by atoms with Crippen LogP contribution in [-0.4, -0.2) is 40.9 Å². The molecule has 34 heavy (non-hydrogen) atoms. The number of aromatic nitrogens is 2. The molecule has 0 saturated carbocycles. The highest BCUT2D eigenvalue weighted by molar-refractivity contribution is 6.03. The van der Waals surface area contributed by atoms with Gasteiger partial charge in [-0.1, -0.05) is 50.2 Å². The smallest absolute Gasteiger partial charge is 0.329 e. The summed E-state index contributed by atoms with van der Waals surface area (Å²) in [6, 6.07) is 14.4. The van der Waals surface area contributed by atoms with E-state index in [1.54, 1.807) is 18.2 Å². The largest absolute Gasteiger partial charge is 0.480 e. The Hall–Kier alpha value is -3.78. The zero-order valence-electron chi connectivity index (χ0n) is 19.0. The second-order valence-corrected chi connectivity index (χ2v) is 8.02. The number of carbonyl (C=O) groups is 1. The van der Waals surface area contributed by atoms with E-state index in [0.29, 0.717) is 28.2 Å². The van der Waals surface area contributed by atoms with Crippen LogP contribution in [0.1, 0.15) is 19.4 Å². The number of halogens is 1. The van der Waals surface area contributed by atoms with Crippen LogP contribution < -0.4 is 4.74 Å². The Morgan fingerprint density at radius 1 is 1.12 bits per heavy atom. The summed E-state index contributed by atoms with van der Waals surface area (Å²) in [5.74, 6) is -0.873. The SMILES string of the molecule is CCc1ccc(-c2c(-c3ccccc3F)oc3ncnc(OC[C@H](C)COCC(=O)O)c23)cc1. The molecule has 1 N–H and O–H groups in total. The van der Waals surface area contributed by atoms with Crippen molar-refractivity contribution in [2.24, 2.45) is 5.92 Å². The lowest BCUT2D eigenvalue weighted by Gasteiger charge is -2.13. The van der Waals surface area contributed by atoms with Crippen molar-refractivity contribution in [3.8, 4) is 28.3 Å². The van der Waals surface area contributed by atoms with Crippen LogP contribution in [0.4, 0.5) is 4.39 Å². The molecular weight excluding hydrogens is 439 g/mol. The first-order valence-electron chi connectivity index (χ1n) is 11.0. The zero-order valence-corrected chi connectivity index (χ0v) is 19.0. The number of fused-ring (bicyclic) bond motifs is 1. The second kappa shape index (κ2) is 10.4. The first-order chi connectivity index (χ1) is 16.5. The number of carboxylic acid groups (broad SMARTS) is 1. The Bertz CT molecular complexity index is 1290. The van der Waals surface area contributed by atoms with E-state index < -0.39 is 11.8 Å². The topological polar surface area (TPSA) is 94.7 Å². The minimum Gasteiger partial charge on any atom is -0.480 e. The van der Waals surface area contributed by atoms with Crippen LogP contribution >= 0.6 is 0 Å². The first-order valence-corrected chi connectivity index (χ1v) is 11.0. The van der Waals surface area contributed by atoms with Crippen LogP contribution in [0, 0.1) is 11.7 Å². The monoisotopic (exact) mass is 464 g/mol.